The Labute approximate surface area is 128 Å². The lowest BCUT2D eigenvalue weighted by Crippen LogP contribution is -2.36. The Kier molecular flexibility index (Phi) is 4.00. The summed E-state index contributed by atoms with van der Waals surface area (Å²) in [4.78, 5) is 0. The summed E-state index contributed by atoms with van der Waals surface area (Å²) in [6.45, 7) is 0. The second-order valence-electron chi connectivity index (χ2n) is 3.45. The first-order valence-corrected chi connectivity index (χ1v) is 6.53. The van der Waals surface area contributed by atoms with Crippen LogP contribution in [-0.4, -0.2) is 10.1 Å². The predicted molar refractivity (Wildman–Crippen MR) is 75.3 cm³/mol. The molecule has 1 heterocycles. The van der Waals surface area contributed by atoms with Crippen LogP contribution < -0.4 is 10.5 Å². The number of hydrogen-bond acceptors (Lipinski definition) is 3. The van der Waals surface area contributed by atoms with Gasteiger partial charge in [0.25, 0.3) is 10.1 Å². The Bertz CT molecular complexity index is 507. The number of halogens is 5. The minimum atomic E-state index is -1.78. The van der Waals surface area contributed by atoms with E-state index in [1.54, 1.807) is 18.2 Å². The number of benzene rings is 1. The molecule has 0 saturated heterocycles. The van der Waals surface area contributed by atoms with Crippen molar-refractivity contribution in [2.45, 2.75) is 10.1 Å². The molecule has 0 radical (unpaired) electrons. The van der Waals surface area contributed by atoms with Crippen LogP contribution in [0.5, 0.6) is 5.75 Å². The van der Waals surface area contributed by atoms with Gasteiger partial charge in [-0.1, -0.05) is 58.0 Å². The maximum atomic E-state index is 5.75. The second kappa shape index (κ2) is 5.06. The van der Waals surface area contributed by atoms with Gasteiger partial charge in [-0.15, -0.1) is 0 Å². The summed E-state index contributed by atoms with van der Waals surface area (Å²) in [7, 11) is 0. The lowest BCUT2D eigenvalue weighted by Gasteiger charge is -2.32. The van der Waals surface area contributed by atoms with Crippen LogP contribution in [0.1, 0.15) is 5.56 Å². The summed E-state index contributed by atoms with van der Waals surface area (Å²) in [5.41, 5.74) is 6.67. The quantitative estimate of drug-likeness (QED) is 0.555. The van der Waals surface area contributed by atoms with Crippen LogP contribution in [0.4, 0.5) is 5.69 Å². The number of rotatable bonds is 0. The second-order valence-corrected chi connectivity index (χ2v) is 6.77. The van der Waals surface area contributed by atoms with E-state index in [0.717, 1.165) is 0 Å². The minimum Gasteiger partial charge on any atom is -0.450 e. The van der Waals surface area contributed by atoms with Crippen molar-refractivity contribution in [2.75, 3.05) is 5.73 Å². The topological polar surface area (TPSA) is 44.5 Å². The number of fused-ring (bicyclic) bond motifs is 1. The molecule has 8 heteroatoms. The molecule has 1 aliphatic rings. The average molecular weight is 349 g/mol. The number of nitrogens with two attached hydrogens (primary N) is 1. The molecule has 0 aromatic heterocycles. The van der Waals surface area contributed by atoms with Gasteiger partial charge in [0, 0.05) is 5.69 Å². The Morgan fingerprint density at radius 3 is 2.39 bits per heavy atom. The highest BCUT2D eigenvalue weighted by molar-refractivity contribution is 6.68. The first kappa shape index (κ1) is 14.2. The molecule has 0 amide bonds. The van der Waals surface area contributed by atoms with E-state index in [1.807, 2.05) is 0 Å². The van der Waals surface area contributed by atoms with Gasteiger partial charge >= 0.3 is 0 Å². The van der Waals surface area contributed by atoms with E-state index in [0.29, 0.717) is 17.0 Å². The summed E-state index contributed by atoms with van der Waals surface area (Å²) in [5, 5.41) is 0. The zero-order valence-electron chi connectivity index (χ0n) is 8.59. The monoisotopic (exact) mass is 347 g/mol. The molecule has 98 valence electrons. The number of nitrogen functional groups attached to an aromatic ring is 1. The van der Waals surface area contributed by atoms with E-state index < -0.39 is 10.1 Å². The van der Waals surface area contributed by atoms with Crippen LogP contribution in [0.25, 0.3) is 5.76 Å². The lowest BCUT2D eigenvalue weighted by atomic mass is 10.1. The predicted octanol–water partition coefficient (Wildman–Crippen LogP) is 4.48. The average Bonchev–Trinajstić information content (AvgIpc) is 2.25. The first-order valence-electron chi connectivity index (χ1n) is 4.64. The molecule has 1 aromatic carbocycles. The molecule has 1 aliphatic heterocycles. The summed E-state index contributed by atoms with van der Waals surface area (Å²) >= 11 is 28.7. The maximum absolute atomic E-state index is 5.75. The fourth-order valence-electron chi connectivity index (χ4n) is 1.42. The third kappa shape index (κ3) is 2.86. The highest BCUT2D eigenvalue weighted by atomic mass is 35.6. The highest BCUT2D eigenvalue weighted by Crippen LogP contribution is 2.44. The van der Waals surface area contributed by atoms with Crippen molar-refractivity contribution < 1.29 is 9.47 Å². The molecule has 0 bridgehead atoms. The fourth-order valence-corrected chi connectivity index (χ4v) is 1.98. The van der Waals surface area contributed by atoms with Crippen molar-refractivity contribution in [1.82, 2.24) is 0 Å². The van der Waals surface area contributed by atoms with Crippen LogP contribution in [0, 0.1) is 0 Å². The van der Waals surface area contributed by atoms with Gasteiger partial charge < -0.3 is 15.2 Å². The van der Waals surface area contributed by atoms with Gasteiger partial charge in [0.1, 0.15) is 10.2 Å². The molecule has 0 saturated carbocycles. The fraction of sp³-hybridized carbons (Fsp3) is 0.200. The van der Waals surface area contributed by atoms with Crippen molar-refractivity contribution in [3.8, 4) is 5.75 Å². The zero-order chi connectivity index (χ0) is 13.5. The molecule has 1 aromatic rings. The normalized spacial score (nSPS) is 18.7. The van der Waals surface area contributed by atoms with Gasteiger partial charge in [0.2, 0.25) is 0 Å². The maximum Gasteiger partial charge on any atom is 0.288 e. The largest absolute Gasteiger partial charge is 0.450 e. The van der Waals surface area contributed by atoms with Crippen LogP contribution >= 0.6 is 58.0 Å². The molecular formula is C10H6Cl5NO2. The zero-order valence-corrected chi connectivity index (χ0v) is 12.4. The van der Waals surface area contributed by atoms with Gasteiger partial charge in [0.15, 0.2) is 5.76 Å². The molecule has 2 N–H and O–H groups in total. The third-order valence-corrected chi connectivity index (χ3v) is 3.02. The molecular weight excluding hydrogens is 343 g/mol. The summed E-state index contributed by atoms with van der Waals surface area (Å²) in [6, 6.07) is 4.86. The third-order valence-electron chi connectivity index (χ3n) is 2.15. The molecule has 0 fully saturated rings. The molecule has 1 unspecified atom stereocenters. The summed E-state index contributed by atoms with van der Waals surface area (Å²) < 4.78 is 8.85. The van der Waals surface area contributed by atoms with Gasteiger partial charge in [-0.3, -0.25) is 0 Å². The molecule has 0 spiro atoms. The van der Waals surface area contributed by atoms with Crippen molar-refractivity contribution in [3.63, 3.8) is 0 Å². The summed E-state index contributed by atoms with van der Waals surface area (Å²) in [6.07, 6.45) is -1.15. The molecule has 1 atom stereocenters. The highest BCUT2D eigenvalue weighted by Gasteiger charge is 2.41. The van der Waals surface area contributed by atoms with E-state index in [2.05, 4.69) is 0 Å². The van der Waals surface area contributed by atoms with Crippen LogP contribution in [0.3, 0.4) is 0 Å². The Morgan fingerprint density at radius 1 is 1.17 bits per heavy atom. The van der Waals surface area contributed by atoms with E-state index in [-0.39, 0.29) is 10.3 Å². The van der Waals surface area contributed by atoms with Crippen LogP contribution in [0.2, 0.25) is 0 Å². The molecule has 3 nitrogen and oxygen atoms in total. The smallest absolute Gasteiger partial charge is 0.288 e. The Balaban J connectivity index is 2.52. The van der Waals surface area contributed by atoms with E-state index in [1.165, 1.54) is 0 Å². The molecule has 2 rings (SSSR count). The van der Waals surface area contributed by atoms with Crippen molar-refractivity contribution in [3.05, 3.63) is 28.3 Å². The number of hydrogen-bond donors (Lipinski definition) is 1. The SMILES string of the molecule is Nc1ccc2c(c1)C(=C(Cl)Cl)OC(C(Cl)(Cl)Cl)O2. The first-order chi connectivity index (χ1) is 8.29. The van der Waals surface area contributed by atoms with E-state index >= 15 is 0 Å². The molecule has 18 heavy (non-hydrogen) atoms. The Morgan fingerprint density at radius 2 is 1.83 bits per heavy atom. The van der Waals surface area contributed by atoms with E-state index in [9.17, 15) is 0 Å². The van der Waals surface area contributed by atoms with Gasteiger partial charge in [-0.05, 0) is 18.2 Å². The standard InChI is InChI=1S/C10H6Cl5NO2/c11-8(12)7-5-3-4(16)1-2-6(5)17-9(18-7)10(13,14)15/h1-3,9H,16H2. The van der Waals surface area contributed by atoms with Crippen molar-refractivity contribution in [2.24, 2.45) is 0 Å². The minimum absolute atomic E-state index is 0.107. The Hall–Kier alpha value is -0.190. The van der Waals surface area contributed by atoms with Gasteiger partial charge in [-0.25, -0.2) is 0 Å². The van der Waals surface area contributed by atoms with Crippen molar-refractivity contribution in [1.29, 1.82) is 0 Å². The van der Waals surface area contributed by atoms with Crippen LogP contribution in [-0.2, 0) is 4.74 Å². The summed E-state index contributed by atoms with van der Waals surface area (Å²) in [5.74, 6) is 0.573. The van der Waals surface area contributed by atoms with Crippen molar-refractivity contribution >= 4 is 69.5 Å². The lowest BCUT2D eigenvalue weighted by molar-refractivity contribution is -0.0247. The number of ether oxygens (including phenoxy) is 2. The van der Waals surface area contributed by atoms with Gasteiger partial charge in [-0.2, -0.15) is 0 Å². The van der Waals surface area contributed by atoms with Gasteiger partial charge in [0.05, 0.1) is 5.56 Å². The van der Waals surface area contributed by atoms with Crippen LogP contribution in [0.15, 0.2) is 22.7 Å². The number of anilines is 1. The number of alkyl halides is 3. The molecule has 0 aliphatic carbocycles. The van der Waals surface area contributed by atoms with E-state index in [4.69, 9.17) is 73.2 Å².